The summed E-state index contributed by atoms with van der Waals surface area (Å²) in [5.41, 5.74) is 1.80. The van der Waals surface area contributed by atoms with Crippen molar-refractivity contribution in [2.24, 2.45) is 4.36 Å². The summed E-state index contributed by atoms with van der Waals surface area (Å²) in [5.74, 6) is -1.05. The number of carboxylic acids is 1. The minimum atomic E-state index is -2.46. The molecular weight excluding hydrogens is 326 g/mol. The minimum absolute atomic E-state index is 0.0305. The molecular formula is C15H14ClNO4S. The molecule has 1 N–H and O–H groups in total. The molecule has 0 atom stereocenters. The van der Waals surface area contributed by atoms with Gasteiger partial charge in [-0.3, -0.25) is 0 Å². The van der Waals surface area contributed by atoms with Gasteiger partial charge in [0.15, 0.2) is 0 Å². The van der Waals surface area contributed by atoms with E-state index in [0.29, 0.717) is 5.56 Å². The second kappa shape index (κ2) is 8.96. The third-order valence-corrected chi connectivity index (χ3v) is 3.37. The Morgan fingerprint density at radius 3 is 2.36 bits per heavy atom. The molecule has 0 aliphatic heterocycles. The van der Waals surface area contributed by atoms with Gasteiger partial charge in [0.2, 0.25) is 0 Å². The summed E-state index contributed by atoms with van der Waals surface area (Å²) in [4.78, 5) is 10.5. The highest BCUT2D eigenvalue weighted by atomic mass is 35.5. The molecule has 22 heavy (non-hydrogen) atoms. The zero-order valence-electron chi connectivity index (χ0n) is 11.7. The molecule has 0 bridgehead atoms. The van der Waals surface area contributed by atoms with Crippen LogP contribution >= 0.6 is 11.6 Å². The Bertz CT molecular complexity index is 759. The second-order valence-electron chi connectivity index (χ2n) is 4.26. The van der Waals surface area contributed by atoms with E-state index >= 15 is 0 Å². The highest BCUT2D eigenvalue weighted by Crippen LogP contribution is 2.11. The second-order valence-corrected chi connectivity index (χ2v) is 5.36. The minimum Gasteiger partial charge on any atom is -0.478 e. The molecule has 2 aromatic carbocycles. The van der Waals surface area contributed by atoms with Gasteiger partial charge in [-0.1, -0.05) is 41.9 Å². The van der Waals surface area contributed by atoms with E-state index < -0.39 is 16.5 Å². The van der Waals surface area contributed by atoms with Gasteiger partial charge in [0, 0.05) is 5.02 Å². The number of nitrogens with zero attached hydrogens (tertiary/aromatic N) is 1. The Balaban J connectivity index is 0.000000255. The standard InChI is InChI=1S/C8H7NO4S.C7H7Cl/c10-8(11)7-3-1-2-6(4-7)5-9-14(12)13;1-6-4-2-3-5-7(6)8/h1-4H,5H2,(H,10,11);2-5H,1H3. The molecule has 0 saturated carbocycles. The number of benzene rings is 2. The van der Waals surface area contributed by atoms with E-state index in [4.69, 9.17) is 16.7 Å². The Morgan fingerprint density at radius 2 is 1.86 bits per heavy atom. The molecule has 2 rings (SSSR count). The third kappa shape index (κ3) is 6.51. The van der Waals surface area contributed by atoms with Gasteiger partial charge in [-0.25, -0.2) is 4.79 Å². The first-order valence-electron chi connectivity index (χ1n) is 6.20. The summed E-state index contributed by atoms with van der Waals surface area (Å²) in [6, 6.07) is 13.7. The van der Waals surface area contributed by atoms with Crippen molar-refractivity contribution in [3.8, 4) is 0 Å². The van der Waals surface area contributed by atoms with Crippen LogP contribution in [-0.2, 0) is 17.0 Å². The first-order chi connectivity index (χ1) is 10.4. The number of aromatic carboxylic acids is 1. The number of carbonyl (C=O) groups is 1. The van der Waals surface area contributed by atoms with Gasteiger partial charge in [0.05, 0.1) is 12.1 Å². The van der Waals surface area contributed by atoms with Crippen LogP contribution < -0.4 is 0 Å². The van der Waals surface area contributed by atoms with Crippen LogP contribution in [-0.4, -0.2) is 19.5 Å². The van der Waals surface area contributed by atoms with Gasteiger partial charge in [0.25, 0.3) is 0 Å². The van der Waals surface area contributed by atoms with Crippen LogP contribution in [0.2, 0.25) is 5.02 Å². The average molecular weight is 340 g/mol. The molecule has 0 fully saturated rings. The van der Waals surface area contributed by atoms with Crippen molar-refractivity contribution in [1.82, 2.24) is 0 Å². The predicted octanol–water partition coefficient (Wildman–Crippen LogP) is 3.60. The van der Waals surface area contributed by atoms with E-state index in [-0.39, 0.29) is 12.1 Å². The lowest BCUT2D eigenvalue weighted by Gasteiger charge is -1.96. The summed E-state index contributed by atoms with van der Waals surface area (Å²) in [6.07, 6.45) is 0. The fourth-order valence-corrected chi connectivity index (χ4v) is 1.87. The van der Waals surface area contributed by atoms with Crippen molar-refractivity contribution in [2.75, 3.05) is 0 Å². The van der Waals surface area contributed by atoms with Crippen LogP contribution in [0.25, 0.3) is 0 Å². The zero-order valence-corrected chi connectivity index (χ0v) is 13.3. The van der Waals surface area contributed by atoms with Gasteiger partial charge in [-0.2, -0.15) is 12.8 Å². The maximum absolute atomic E-state index is 10.5. The van der Waals surface area contributed by atoms with Crippen LogP contribution in [0.4, 0.5) is 0 Å². The molecule has 0 aliphatic carbocycles. The van der Waals surface area contributed by atoms with Gasteiger partial charge in [0.1, 0.15) is 0 Å². The van der Waals surface area contributed by atoms with E-state index in [0.717, 1.165) is 10.6 Å². The molecule has 7 heteroatoms. The van der Waals surface area contributed by atoms with Crippen LogP contribution in [0.5, 0.6) is 0 Å². The first-order valence-corrected chi connectivity index (χ1v) is 7.61. The van der Waals surface area contributed by atoms with Crippen molar-refractivity contribution >= 4 is 28.1 Å². The summed E-state index contributed by atoms with van der Waals surface area (Å²) >= 11 is 5.71. The summed E-state index contributed by atoms with van der Waals surface area (Å²) in [5, 5.41) is 9.47. The molecule has 116 valence electrons. The molecule has 0 aromatic heterocycles. The number of halogens is 1. The monoisotopic (exact) mass is 339 g/mol. The van der Waals surface area contributed by atoms with E-state index in [1.54, 1.807) is 12.1 Å². The first kappa shape index (κ1) is 17.9. The largest absolute Gasteiger partial charge is 0.478 e. The lowest BCUT2D eigenvalue weighted by molar-refractivity contribution is 0.0696. The molecule has 0 aliphatic rings. The molecule has 0 amide bonds. The smallest absolute Gasteiger partial charge is 0.335 e. The Morgan fingerprint density at radius 1 is 1.18 bits per heavy atom. The molecule has 0 spiro atoms. The van der Waals surface area contributed by atoms with Crippen molar-refractivity contribution in [1.29, 1.82) is 0 Å². The van der Waals surface area contributed by atoms with Crippen LogP contribution in [0, 0.1) is 6.92 Å². The van der Waals surface area contributed by atoms with Crippen molar-refractivity contribution < 1.29 is 18.3 Å². The Labute approximate surface area is 134 Å². The van der Waals surface area contributed by atoms with E-state index in [1.165, 1.54) is 12.1 Å². The summed E-state index contributed by atoms with van der Waals surface area (Å²) in [7, 11) is -2.46. The van der Waals surface area contributed by atoms with E-state index in [1.807, 2.05) is 31.2 Å². The lowest BCUT2D eigenvalue weighted by Crippen LogP contribution is -1.96. The van der Waals surface area contributed by atoms with Crippen LogP contribution in [0.1, 0.15) is 21.5 Å². The predicted molar refractivity (Wildman–Crippen MR) is 84.6 cm³/mol. The van der Waals surface area contributed by atoms with Gasteiger partial charge >= 0.3 is 16.5 Å². The highest BCUT2D eigenvalue weighted by Gasteiger charge is 2.02. The van der Waals surface area contributed by atoms with E-state index in [9.17, 15) is 13.2 Å². The Hall–Kier alpha value is -2.18. The maximum atomic E-state index is 10.5. The van der Waals surface area contributed by atoms with Crippen LogP contribution in [0.3, 0.4) is 0 Å². The SMILES string of the molecule is Cc1ccccc1Cl.O=C(O)c1cccc(CN=S(=O)=O)c1. The molecule has 5 nitrogen and oxygen atoms in total. The summed E-state index contributed by atoms with van der Waals surface area (Å²) < 4.78 is 23.4. The highest BCUT2D eigenvalue weighted by molar-refractivity contribution is 7.61. The van der Waals surface area contributed by atoms with Gasteiger partial charge in [-0.05, 0) is 36.2 Å². The number of carboxylic acid groups (broad SMARTS) is 1. The lowest BCUT2D eigenvalue weighted by atomic mass is 10.1. The average Bonchev–Trinajstić information content (AvgIpc) is 2.49. The Kier molecular flexibility index (Phi) is 7.28. The molecule has 0 radical (unpaired) electrons. The number of hydrogen-bond donors (Lipinski definition) is 1. The van der Waals surface area contributed by atoms with Crippen molar-refractivity contribution in [3.05, 3.63) is 70.2 Å². The van der Waals surface area contributed by atoms with Crippen molar-refractivity contribution in [3.63, 3.8) is 0 Å². The van der Waals surface area contributed by atoms with Crippen molar-refractivity contribution in [2.45, 2.75) is 13.5 Å². The third-order valence-electron chi connectivity index (χ3n) is 2.60. The number of rotatable bonds is 3. The number of aryl methyl sites for hydroxylation is 1. The topological polar surface area (TPSA) is 83.8 Å². The fraction of sp³-hybridized carbons (Fsp3) is 0.133. The number of hydrogen-bond acceptors (Lipinski definition) is 4. The van der Waals surface area contributed by atoms with Gasteiger partial charge in [-0.15, -0.1) is 0 Å². The maximum Gasteiger partial charge on any atom is 0.335 e. The molecule has 0 heterocycles. The fourth-order valence-electron chi connectivity index (χ4n) is 1.48. The van der Waals surface area contributed by atoms with Gasteiger partial charge < -0.3 is 5.11 Å². The molecule has 2 aromatic rings. The molecule has 0 unspecified atom stereocenters. The normalized spacial score (nSPS) is 9.36. The van der Waals surface area contributed by atoms with E-state index in [2.05, 4.69) is 4.36 Å². The quantitative estimate of drug-likeness (QED) is 0.926. The van der Waals surface area contributed by atoms with Crippen LogP contribution in [0.15, 0.2) is 52.9 Å². The zero-order chi connectivity index (χ0) is 16.5. The summed E-state index contributed by atoms with van der Waals surface area (Å²) in [6.45, 7) is 1.96. The molecule has 0 saturated heterocycles.